The van der Waals surface area contributed by atoms with Crippen molar-refractivity contribution >= 4 is 11.9 Å². The van der Waals surface area contributed by atoms with Crippen LogP contribution >= 0.6 is 0 Å². The van der Waals surface area contributed by atoms with Crippen LogP contribution in [0.1, 0.15) is 35.4 Å². The first-order valence-electron chi connectivity index (χ1n) is 6.15. The van der Waals surface area contributed by atoms with Crippen molar-refractivity contribution in [3.8, 4) is 0 Å². The van der Waals surface area contributed by atoms with Gasteiger partial charge in [0.2, 0.25) is 5.95 Å². The lowest BCUT2D eigenvalue weighted by Crippen LogP contribution is -2.46. The molecule has 1 aliphatic heterocycles. The summed E-state index contributed by atoms with van der Waals surface area (Å²) >= 11 is 0. The summed E-state index contributed by atoms with van der Waals surface area (Å²) in [7, 11) is 0. The first kappa shape index (κ1) is 12.8. The van der Waals surface area contributed by atoms with Crippen molar-refractivity contribution in [2.45, 2.75) is 32.2 Å². The Morgan fingerprint density at radius 3 is 3.00 bits per heavy atom. The predicted octanol–water partition coefficient (Wildman–Crippen LogP) is 0.354. The number of likely N-dealkylation sites (tertiary alicyclic amines) is 1. The van der Waals surface area contributed by atoms with Crippen LogP contribution in [-0.2, 0) is 0 Å². The van der Waals surface area contributed by atoms with Crippen molar-refractivity contribution in [1.82, 2.24) is 14.9 Å². The van der Waals surface area contributed by atoms with Gasteiger partial charge in [-0.2, -0.15) is 0 Å². The van der Waals surface area contributed by atoms with Crippen LogP contribution in [0.2, 0.25) is 0 Å². The molecule has 1 atom stereocenters. The van der Waals surface area contributed by atoms with E-state index in [1.807, 2.05) is 0 Å². The van der Waals surface area contributed by atoms with Gasteiger partial charge in [0.1, 0.15) is 5.69 Å². The highest BCUT2D eigenvalue weighted by Gasteiger charge is 2.27. The molecule has 0 aromatic carbocycles. The molecular formula is C12H18N4O2. The lowest BCUT2D eigenvalue weighted by molar-refractivity contribution is 0.0497. The van der Waals surface area contributed by atoms with Crippen LogP contribution in [0, 0.1) is 6.92 Å². The molecule has 0 spiro atoms. The lowest BCUT2D eigenvalue weighted by atomic mass is 10.0. The number of carbonyl (C=O) groups excluding carboxylic acids is 1. The lowest BCUT2D eigenvalue weighted by Gasteiger charge is -2.34. The van der Waals surface area contributed by atoms with E-state index in [0.717, 1.165) is 19.3 Å². The molecule has 98 valence electrons. The minimum atomic E-state index is -0.175. The van der Waals surface area contributed by atoms with E-state index in [0.29, 0.717) is 17.9 Å². The van der Waals surface area contributed by atoms with E-state index < -0.39 is 0 Å². The van der Waals surface area contributed by atoms with E-state index in [1.54, 1.807) is 17.9 Å². The van der Waals surface area contributed by atoms with Gasteiger partial charge in [-0.15, -0.1) is 0 Å². The van der Waals surface area contributed by atoms with Gasteiger partial charge in [0.25, 0.3) is 5.91 Å². The Balaban J connectivity index is 2.23. The molecule has 0 saturated carbocycles. The van der Waals surface area contributed by atoms with Crippen molar-refractivity contribution in [2.24, 2.45) is 0 Å². The minimum absolute atomic E-state index is 0.00864. The number of anilines is 1. The van der Waals surface area contributed by atoms with Crippen LogP contribution < -0.4 is 5.73 Å². The topological polar surface area (TPSA) is 92.3 Å². The van der Waals surface area contributed by atoms with Crippen LogP contribution in [0.15, 0.2) is 6.07 Å². The molecule has 2 rings (SSSR count). The van der Waals surface area contributed by atoms with Crippen molar-refractivity contribution in [2.75, 3.05) is 18.9 Å². The summed E-state index contributed by atoms with van der Waals surface area (Å²) in [5.41, 5.74) is 6.53. The molecule has 1 amide bonds. The van der Waals surface area contributed by atoms with Crippen LogP contribution in [0.3, 0.4) is 0 Å². The predicted molar refractivity (Wildman–Crippen MR) is 66.9 cm³/mol. The Morgan fingerprint density at radius 2 is 2.33 bits per heavy atom. The third kappa shape index (κ3) is 2.59. The third-order valence-corrected chi connectivity index (χ3v) is 3.19. The third-order valence-electron chi connectivity index (χ3n) is 3.19. The Morgan fingerprint density at radius 1 is 1.56 bits per heavy atom. The van der Waals surface area contributed by atoms with Crippen LogP contribution in [0.25, 0.3) is 0 Å². The van der Waals surface area contributed by atoms with E-state index >= 15 is 0 Å². The minimum Gasteiger partial charge on any atom is -0.394 e. The number of carbonyl (C=O) groups is 1. The second-order valence-electron chi connectivity index (χ2n) is 4.58. The summed E-state index contributed by atoms with van der Waals surface area (Å²) in [6, 6.07) is 1.52. The second kappa shape index (κ2) is 5.30. The molecule has 1 saturated heterocycles. The standard InChI is InChI=1S/C12H18N4O2/c1-8-6-10(15-12(13)14-8)11(18)16-5-3-2-4-9(16)7-17/h6,9,17H,2-5,7H2,1H3,(H2,13,14,15). The summed E-state index contributed by atoms with van der Waals surface area (Å²) in [6.45, 7) is 2.42. The molecule has 1 aliphatic rings. The van der Waals surface area contributed by atoms with Crippen molar-refractivity contribution < 1.29 is 9.90 Å². The fourth-order valence-corrected chi connectivity index (χ4v) is 2.31. The average Bonchev–Trinajstić information content (AvgIpc) is 2.36. The Labute approximate surface area is 106 Å². The molecule has 1 aromatic rings. The summed E-state index contributed by atoms with van der Waals surface area (Å²) in [4.78, 5) is 21.9. The second-order valence-corrected chi connectivity index (χ2v) is 4.58. The molecule has 1 aromatic heterocycles. The molecule has 18 heavy (non-hydrogen) atoms. The maximum Gasteiger partial charge on any atom is 0.272 e. The number of nitrogen functional groups attached to an aromatic ring is 1. The molecule has 1 unspecified atom stereocenters. The summed E-state index contributed by atoms with van der Waals surface area (Å²) in [6.07, 6.45) is 2.84. The first-order valence-corrected chi connectivity index (χ1v) is 6.15. The summed E-state index contributed by atoms with van der Waals surface area (Å²) < 4.78 is 0. The molecule has 1 fully saturated rings. The van der Waals surface area contributed by atoms with Gasteiger partial charge in [0.05, 0.1) is 12.6 Å². The smallest absolute Gasteiger partial charge is 0.272 e. The number of hydrogen-bond donors (Lipinski definition) is 2. The van der Waals surface area contributed by atoms with Gasteiger partial charge >= 0.3 is 0 Å². The zero-order valence-corrected chi connectivity index (χ0v) is 10.5. The Kier molecular flexibility index (Phi) is 3.76. The number of nitrogens with two attached hydrogens (primary N) is 1. The normalized spacial score (nSPS) is 19.9. The molecule has 6 heteroatoms. The average molecular weight is 250 g/mol. The van der Waals surface area contributed by atoms with E-state index in [4.69, 9.17) is 5.73 Å². The van der Waals surface area contributed by atoms with Crippen molar-refractivity contribution in [3.05, 3.63) is 17.5 Å². The van der Waals surface area contributed by atoms with E-state index in [9.17, 15) is 9.90 Å². The van der Waals surface area contributed by atoms with Gasteiger partial charge in [-0.05, 0) is 32.3 Å². The van der Waals surface area contributed by atoms with E-state index in [2.05, 4.69) is 9.97 Å². The molecule has 3 N–H and O–H groups in total. The van der Waals surface area contributed by atoms with Crippen LogP contribution in [0.4, 0.5) is 5.95 Å². The first-order chi connectivity index (χ1) is 8.61. The maximum atomic E-state index is 12.3. The maximum absolute atomic E-state index is 12.3. The highest BCUT2D eigenvalue weighted by Crippen LogP contribution is 2.19. The molecule has 0 aliphatic carbocycles. The van der Waals surface area contributed by atoms with Crippen LogP contribution in [-0.4, -0.2) is 45.1 Å². The number of hydrogen-bond acceptors (Lipinski definition) is 5. The zero-order chi connectivity index (χ0) is 13.1. The monoisotopic (exact) mass is 250 g/mol. The quantitative estimate of drug-likeness (QED) is 0.790. The summed E-state index contributed by atoms with van der Waals surface area (Å²) in [5.74, 6) is -0.0677. The number of aromatic nitrogens is 2. The number of piperidine rings is 1. The Bertz CT molecular complexity index is 429. The number of aryl methyl sites for hydroxylation is 1. The van der Waals surface area contributed by atoms with Crippen LogP contribution in [0.5, 0.6) is 0 Å². The largest absolute Gasteiger partial charge is 0.394 e. The molecule has 0 bridgehead atoms. The summed E-state index contributed by atoms with van der Waals surface area (Å²) in [5, 5.41) is 9.32. The molecule has 0 radical (unpaired) electrons. The fraction of sp³-hybridized carbons (Fsp3) is 0.583. The number of nitrogens with zero attached hydrogens (tertiary/aromatic N) is 3. The fourth-order valence-electron chi connectivity index (χ4n) is 2.31. The number of aliphatic hydroxyl groups excluding tert-OH is 1. The van der Waals surface area contributed by atoms with Crippen molar-refractivity contribution in [1.29, 1.82) is 0 Å². The van der Waals surface area contributed by atoms with Gasteiger partial charge in [-0.25, -0.2) is 9.97 Å². The number of aliphatic hydroxyl groups is 1. The van der Waals surface area contributed by atoms with Gasteiger partial charge in [0.15, 0.2) is 0 Å². The van der Waals surface area contributed by atoms with Gasteiger partial charge in [-0.1, -0.05) is 0 Å². The molecule has 6 nitrogen and oxygen atoms in total. The van der Waals surface area contributed by atoms with Gasteiger partial charge in [-0.3, -0.25) is 4.79 Å². The Hall–Kier alpha value is -1.69. The highest BCUT2D eigenvalue weighted by molar-refractivity contribution is 5.93. The molecular weight excluding hydrogens is 232 g/mol. The van der Waals surface area contributed by atoms with Gasteiger partial charge < -0.3 is 15.7 Å². The molecule has 2 heterocycles. The van der Waals surface area contributed by atoms with E-state index in [-0.39, 0.29) is 24.5 Å². The number of rotatable bonds is 2. The SMILES string of the molecule is Cc1cc(C(=O)N2CCCCC2CO)nc(N)n1. The highest BCUT2D eigenvalue weighted by atomic mass is 16.3. The van der Waals surface area contributed by atoms with Gasteiger partial charge in [0, 0.05) is 12.2 Å². The number of amides is 1. The zero-order valence-electron chi connectivity index (χ0n) is 10.5. The van der Waals surface area contributed by atoms with Crippen molar-refractivity contribution in [3.63, 3.8) is 0 Å². The van der Waals surface area contributed by atoms with E-state index in [1.165, 1.54) is 0 Å².